The van der Waals surface area contributed by atoms with Crippen molar-refractivity contribution >= 4 is 27.4 Å². The molecule has 0 aliphatic carbocycles. The van der Waals surface area contributed by atoms with Crippen LogP contribution in [0, 0.1) is 19.7 Å². The van der Waals surface area contributed by atoms with Gasteiger partial charge in [-0.2, -0.15) is 0 Å². The molecular weight excluding hydrogens is 373 g/mol. The Balaban J connectivity index is 2.12. The van der Waals surface area contributed by atoms with Crippen LogP contribution in [0.4, 0.5) is 10.1 Å². The maximum absolute atomic E-state index is 13.6. The first-order valence-electron chi connectivity index (χ1n) is 8.07. The van der Waals surface area contributed by atoms with Gasteiger partial charge in [-0.25, -0.2) is 17.6 Å². The van der Waals surface area contributed by atoms with Crippen molar-refractivity contribution in [3.63, 3.8) is 0 Å². The molecule has 6 nitrogen and oxygen atoms in total. The SMILES string of the molecule is Cc1ccc(NC(=O)[C@@H](C)OC(=O)c2cc(S(C)(=O)=O)ccc2C)cc1F. The van der Waals surface area contributed by atoms with Gasteiger partial charge in [-0.3, -0.25) is 4.79 Å². The first kappa shape index (κ1) is 20.6. The highest BCUT2D eigenvalue weighted by molar-refractivity contribution is 7.90. The Morgan fingerprint density at radius 3 is 2.30 bits per heavy atom. The minimum atomic E-state index is -3.49. The number of amides is 1. The zero-order valence-corrected chi connectivity index (χ0v) is 16.2. The molecule has 0 aliphatic rings. The van der Waals surface area contributed by atoms with Gasteiger partial charge >= 0.3 is 5.97 Å². The fourth-order valence-corrected chi connectivity index (χ4v) is 2.89. The number of sulfone groups is 1. The standard InChI is InChI=1S/C19H20FNO5S/c1-11-6-8-15(27(4,24)25)10-16(11)19(23)26-13(3)18(22)21-14-7-5-12(2)17(20)9-14/h5-10,13H,1-4H3,(H,21,22)/t13-/m1/s1. The fourth-order valence-electron chi connectivity index (χ4n) is 2.24. The van der Waals surface area contributed by atoms with Gasteiger partial charge in [-0.15, -0.1) is 0 Å². The zero-order valence-electron chi connectivity index (χ0n) is 15.4. The predicted molar refractivity (Wildman–Crippen MR) is 98.9 cm³/mol. The number of ether oxygens (including phenoxy) is 1. The summed E-state index contributed by atoms with van der Waals surface area (Å²) >= 11 is 0. The molecule has 0 aromatic heterocycles. The summed E-state index contributed by atoms with van der Waals surface area (Å²) in [4.78, 5) is 24.5. The summed E-state index contributed by atoms with van der Waals surface area (Å²) in [6, 6.07) is 8.32. The lowest BCUT2D eigenvalue weighted by atomic mass is 10.1. The summed E-state index contributed by atoms with van der Waals surface area (Å²) < 4.78 is 42.0. The quantitative estimate of drug-likeness (QED) is 0.789. The van der Waals surface area contributed by atoms with Gasteiger partial charge in [-0.1, -0.05) is 12.1 Å². The van der Waals surface area contributed by atoms with Gasteiger partial charge < -0.3 is 10.1 Å². The lowest BCUT2D eigenvalue weighted by Gasteiger charge is -2.15. The highest BCUT2D eigenvalue weighted by Gasteiger charge is 2.22. The topological polar surface area (TPSA) is 89.5 Å². The van der Waals surface area contributed by atoms with Crippen molar-refractivity contribution in [1.29, 1.82) is 0 Å². The van der Waals surface area contributed by atoms with E-state index in [1.54, 1.807) is 13.8 Å². The van der Waals surface area contributed by atoms with Crippen molar-refractivity contribution in [3.8, 4) is 0 Å². The average molecular weight is 393 g/mol. The first-order valence-corrected chi connectivity index (χ1v) is 9.97. The van der Waals surface area contributed by atoms with E-state index in [9.17, 15) is 22.4 Å². The van der Waals surface area contributed by atoms with E-state index in [-0.39, 0.29) is 16.1 Å². The van der Waals surface area contributed by atoms with Crippen LogP contribution in [0.25, 0.3) is 0 Å². The summed E-state index contributed by atoms with van der Waals surface area (Å²) in [5.74, 6) is -1.93. The molecule has 2 rings (SSSR count). The number of rotatable bonds is 5. The number of halogens is 1. The number of hydrogen-bond donors (Lipinski definition) is 1. The maximum atomic E-state index is 13.6. The van der Waals surface area contributed by atoms with Crippen LogP contribution in [0.15, 0.2) is 41.3 Å². The predicted octanol–water partition coefficient (Wildman–Crippen LogP) is 3.03. The van der Waals surface area contributed by atoms with Crippen LogP contribution < -0.4 is 5.32 Å². The summed E-state index contributed by atoms with van der Waals surface area (Å²) in [6.45, 7) is 4.59. The molecule has 2 aromatic carbocycles. The van der Waals surface area contributed by atoms with E-state index in [0.29, 0.717) is 11.1 Å². The lowest BCUT2D eigenvalue weighted by molar-refractivity contribution is -0.123. The third-order valence-corrected chi connectivity index (χ3v) is 5.06. The lowest BCUT2D eigenvalue weighted by Crippen LogP contribution is -2.30. The monoisotopic (exact) mass is 393 g/mol. The number of carbonyl (C=O) groups excluding carboxylic acids is 2. The molecule has 0 saturated carbocycles. The molecule has 27 heavy (non-hydrogen) atoms. The second-order valence-electron chi connectivity index (χ2n) is 6.25. The molecule has 0 unspecified atom stereocenters. The van der Waals surface area contributed by atoms with Crippen molar-refractivity contribution in [2.24, 2.45) is 0 Å². The summed E-state index contributed by atoms with van der Waals surface area (Å²) in [5.41, 5.74) is 1.24. The number of esters is 1. The Morgan fingerprint density at radius 1 is 1.07 bits per heavy atom. The largest absolute Gasteiger partial charge is 0.449 e. The zero-order chi connectivity index (χ0) is 20.4. The Kier molecular flexibility index (Phi) is 6.00. The molecule has 144 valence electrons. The third-order valence-electron chi connectivity index (χ3n) is 3.95. The second-order valence-corrected chi connectivity index (χ2v) is 8.27. The molecule has 0 bridgehead atoms. The van der Waals surface area contributed by atoms with Crippen molar-refractivity contribution in [2.75, 3.05) is 11.6 Å². The minimum Gasteiger partial charge on any atom is -0.449 e. The number of benzene rings is 2. The second kappa shape index (κ2) is 7.87. The Labute approximate surface area is 157 Å². The first-order chi connectivity index (χ1) is 12.5. The van der Waals surface area contributed by atoms with Crippen LogP contribution >= 0.6 is 0 Å². The van der Waals surface area contributed by atoms with Crippen LogP contribution in [0.1, 0.15) is 28.4 Å². The number of aryl methyl sites for hydroxylation is 2. The smallest absolute Gasteiger partial charge is 0.339 e. The van der Waals surface area contributed by atoms with Crippen LogP contribution in [-0.4, -0.2) is 32.7 Å². The van der Waals surface area contributed by atoms with Crippen molar-refractivity contribution in [2.45, 2.75) is 31.8 Å². The molecule has 0 aliphatic heterocycles. The molecule has 2 aromatic rings. The van der Waals surface area contributed by atoms with Gasteiger partial charge in [0.15, 0.2) is 15.9 Å². The van der Waals surface area contributed by atoms with Crippen LogP contribution in [-0.2, 0) is 19.4 Å². The molecule has 1 atom stereocenters. The molecular formula is C19H20FNO5S. The third kappa shape index (κ3) is 5.13. The Morgan fingerprint density at radius 2 is 1.70 bits per heavy atom. The van der Waals surface area contributed by atoms with Crippen LogP contribution in [0.5, 0.6) is 0 Å². The normalized spacial score (nSPS) is 12.3. The van der Waals surface area contributed by atoms with Gasteiger partial charge in [0.05, 0.1) is 10.5 Å². The Bertz CT molecular complexity index is 1000. The van der Waals surface area contributed by atoms with E-state index >= 15 is 0 Å². The molecule has 0 saturated heterocycles. The van der Waals surface area contributed by atoms with Crippen molar-refractivity contribution < 1.29 is 27.1 Å². The van der Waals surface area contributed by atoms with E-state index in [2.05, 4.69) is 5.32 Å². The van der Waals surface area contributed by atoms with Gasteiger partial charge in [0.25, 0.3) is 5.91 Å². The van der Waals surface area contributed by atoms with Crippen LogP contribution in [0.3, 0.4) is 0 Å². The van der Waals surface area contributed by atoms with Gasteiger partial charge in [0.1, 0.15) is 5.82 Å². The summed E-state index contributed by atoms with van der Waals surface area (Å²) in [5, 5.41) is 2.46. The van der Waals surface area contributed by atoms with Crippen LogP contribution in [0.2, 0.25) is 0 Å². The molecule has 0 fully saturated rings. The van der Waals surface area contributed by atoms with Gasteiger partial charge in [0.2, 0.25) is 0 Å². The number of anilines is 1. The average Bonchev–Trinajstić information content (AvgIpc) is 2.57. The molecule has 1 amide bonds. The van der Waals surface area contributed by atoms with Gasteiger partial charge in [-0.05, 0) is 56.2 Å². The number of carbonyl (C=O) groups is 2. The molecule has 0 radical (unpaired) electrons. The van der Waals surface area contributed by atoms with Gasteiger partial charge in [0, 0.05) is 11.9 Å². The van der Waals surface area contributed by atoms with Crippen molar-refractivity contribution in [1.82, 2.24) is 0 Å². The summed E-state index contributed by atoms with van der Waals surface area (Å²) in [7, 11) is -3.49. The van der Waals surface area contributed by atoms with E-state index in [1.165, 1.54) is 43.3 Å². The molecule has 0 spiro atoms. The molecule has 8 heteroatoms. The van der Waals surface area contributed by atoms with Crippen molar-refractivity contribution in [3.05, 3.63) is 58.9 Å². The highest BCUT2D eigenvalue weighted by atomic mass is 32.2. The number of nitrogens with one attached hydrogen (secondary N) is 1. The van der Waals surface area contributed by atoms with E-state index in [0.717, 1.165) is 6.26 Å². The van der Waals surface area contributed by atoms with E-state index in [4.69, 9.17) is 4.74 Å². The number of hydrogen-bond acceptors (Lipinski definition) is 5. The molecule has 1 N–H and O–H groups in total. The summed E-state index contributed by atoms with van der Waals surface area (Å²) in [6.07, 6.45) is -0.132. The Hall–Kier alpha value is -2.74. The van der Waals surface area contributed by atoms with E-state index < -0.39 is 33.6 Å². The highest BCUT2D eigenvalue weighted by Crippen LogP contribution is 2.18. The van der Waals surface area contributed by atoms with E-state index in [1.807, 2.05) is 0 Å². The minimum absolute atomic E-state index is 0.0210. The maximum Gasteiger partial charge on any atom is 0.339 e. The fraction of sp³-hybridized carbons (Fsp3) is 0.263. The molecule has 0 heterocycles.